The van der Waals surface area contributed by atoms with Crippen molar-refractivity contribution >= 4 is 0 Å². The van der Waals surface area contributed by atoms with Crippen LogP contribution in [0.5, 0.6) is 0 Å². The average Bonchev–Trinajstić information content (AvgIpc) is 2.74. The summed E-state index contributed by atoms with van der Waals surface area (Å²) in [7, 11) is 0. The average molecular weight is 413 g/mol. The van der Waals surface area contributed by atoms with Crippen LogP contribution >= 0.6 is 0 Å². The molecule has 5 nitrogen and oxygen atoms in total. The Kier molecular flexibility index (Phi) is 17.9. The molecule has 0 N–H and O–H groups in total. The molecular formula is C24H48N2O3. The molecule has 29 heavy (non-hydrogen) atoms. The van der Waals surface area contributed by atoms with Gasteiger partial charge in [0.05, 0.1) is 26.4 Å². The van der Waals surface area contributed by atoms with E-state index in [1.54, 1.807) is 0 Å². The van der Waals surface area contributed by atoms with Crippen LogP contribution in [0, 0.1) is 0 Å². The first kappa shape index (κ1) is 26.6. The number of piperazine rings is 1. The summed E-state index contributed by atoms with van der Waals surface area (Å²) in [5.41, 5.74) is 1.49. The van der Waals surface area contributed by atoms with Crippen molar-refractivity contribution in [3.05, 3.63) is 11.6 Å². The van der Waals surface area contributed by atoms with Crippen molar-refractivity contribution in [2.45, 2.75) is 65.7 Å². The van der Waals surface area contributed by atoms with Crippen LogP contribution in [0.15, 0.2) is 11.6 Å². The summed E-state index contributed by atoms with van der Waals surface area (Å²) in [6.45, 7) is 18.3. The van der Waals surface area contributed by atoms with Crippen LogP contribution in [-0.4, -0.2) is 88.7 Å². The third kappa shape index (κ3) is 16.0. The van der Waals surface area contributed by atoms with E-state index in [9.17, 15) is 0 Å². The van der Waals surface area contributed by atoms with Gasteiger partial charge in [0.2, 0.25) is 0 Å². The summed E-state index contributed by atoms with van der Waals surface area (Å²) < 4.78 is 16.7. The summed E-state index contributed by atoms with van der Waals surface area (Å²) in [4.78, 5) is 5.20. The summed E-state index contributed by atoms with van der Waals surface area (Å²) in [5.74, 6) is 0. The van der Waals surface area contributed by atoms with E-state index in [4.69, 9.17) is 14.2 Å². The van der Waals surface area contributed by atoms with E-state index >= 15 is 0 Å². The third-order valence-electron chi connectivity index (χ3n) is 5.58. The van der Waals surface area contributed by atoms with Crippen LogP contribution in [0.2, 0.25) is 0 Å². The standard InChI is InChI=1S/C24H48N2O3/c1-4-6-10-17-27-19-21-29-22-20-28-18-11-8-7-9-12-25-13-15-26(16-14-25)23-24(3)5-2/h5H,4,6-23H2,1-3H3/b24-5+. The summed E-state index contributed by atoms with van der Waals surface area (Å²) in [6, 6.07) is 0. The molecule has 1 fully saturated rings. The number of allylic oxidation sites excluding steroid dienone is 1. The number of nitrogens with zero attached hydrogens (tertiary/aromatic N) is 2. The zero-order valence-electron chi connectivity index (χ0n) is 19.6. The summed E-state index contributed by atoms with van der Waals surface area (Å²) >= 11 is 0. The van der Waals surface area contributed by atoms with Crippen LogP contribution in [0.4, 0.5) is 0 Å². The molecule has 1 heterocycles. The van der Waals surface area contributed by atoms with E-state index in [-0.39, 0.29) is 0 Å². The zero-order chi connectivity index (χ0) is 21.0. The lowest BCUT2D eigenvalue weighted by molar-refractivity contribution is 0.0132. The van der Waals surface area contributed by atoms with E-state index < -0.39 is 0 Å². The van der Waals surface area contributed by atoms with Crippen molar-refractivity contribution in [2.75, 3.05) is 78.9 Å². The normalized spacial score (nSPS) is 16.6. The number of unbranched alkanes of at least 4 members (excludes halogenated alkanes) is 5. The largest absolute Gasteiger partial charge is 0.379 e. The second kappa shape index (κ2) is 19.5. The summed E-state index contributed by atoms with van der Waals surface area (Å²) in [5, 5.41) is 0. The maximum Gasteiger partial charge on any atom is 0.0701 e. The molecule has 1 rings (SSSR count). The first-order chi connectivity index (χ1) is 14.3. The maximum absolute atomic E-state index is 5.66. The second-order valence-electron chi connectivity index (χ2n) is 8.21. The topological polar surface area (TPSA) is 34.2 Å². The van der Waals surface area contributed by atoms with Gasteiger partial charge in [-0.05, 0) is 39.7 Å². The maximum atomic E-state index is 5.66. The molecule has 172 valence electrons. The minimum Gasteiger partial charge on any atom is -0.379 e. The van der Waals surface area contributed by atoms with E-state index in [0.29, 0.717) is 26.4 Å². The number of hydrogen-bond donors (Lipinski definition) is 0. The smallest absolute Gasteiger partial charge is 0.0701 e. The first-order valence-electron chi connectivity index (χ1n) is 12.1. The minimum absolute atomic E-state index is 0.678. The highest BCUT2D eigenvalue weighted by Crippen LogP contribution is 2.08. The van der Waals surface area contributed by atoms with Gasteiger partial charge in [-0.1, -0.05) is 44.3 Å². The van der Waals surface area contributed by atoms with Gasteiger partial charge in [0.1, 0.15) is 0 Å². The molecule has 1 aliphatic heterocycles. The molecule has 5 heteroatoms. The minimum atomic E-state index is 0.678. The van der Waals surface area contributed by atoms with Gasteiger partial charge in [-0.15, -0.1) is 0 Å². The molecule has 0 bridgehead atoms. The van der Waals surface area contributed by atoms with Crippen LogP contribution in [0.1, 0.15) is 65.7 Å². The Morgan fingerprint density at radius 3 is 1.79 bits per heavy atom. The first-order valence-corrected chi connectivity index (χ1v) is 12.1. The molecule has 0 saturated carbocycles. The molecule has 0 aromatic carbocycles. The molecule has 0 aromatic rings. The Morgan fingerprint density at radius 2 is 1.21 bits per heavy atom. The number of ether oxygens (including phenoxy) is 3. The van der Waals surface area contributed by atoms with Gasteiger partial charge in [0.15, 0.2) is 0 Å². The highest BCUT2D eigenvalue weighted by Gasteiger charge is 2.15. The molecule has 0 aliphatic carbocycles. The third-order valence-corrected chi connectivity index (χ3v) is 5.58. The lowest BCUT2D eigenvalue weighted by Gasteiger charge is -2.34. The molecule has 0 atom stereocenters. The Labute approximate surface area is 180 Å². The van der Waals surface area contributed by atoms with Crippen molar-refractivity contribution in [3.63, 3.8) is 0 Å². The Hall–Kier alpha value is -0.460. The molecule has 0 spiro atoms. The molecule has 1 aliphatic rings. The monoisotopic (exact) mass is 412 g/mol. The van der Waals surface area contributed by atoms with E-state index in [0.717, 1.165) is 32.6 Å². The van der Waals surface area contributed by atoms with Crippen LogP contribution in [0.25, 0.3) is 0 Å². The Bertz CT molecular complexity index is 382. The number of hydrogen-bond acceptors (Lipinski definition) is 5. The van der Waals surface area contributed by atoms with Crippen molar-refractivity contribution in [3.8, 4) is 0 Å². The van der Waals surface area contributed by atoms with Gasteiger partial charge in [0.25, 0.3) is 0 Å². The predicted octanol–water partition coefficient (Wildman–Crippen LogP) is 4.37. The van der Waals surface area contributed by atoms with Gasteiger partial charge in [-0.25, -0.2) is 0 Å². The molecule has 0 radical (unpaired) electrons. The van der Waals surface area contributed by atoms with E-state index in [2.05, 4.69) is 36.6 Å². The second-order valence-corrected chi connectivity index (χ2v) is 8.21. The highest BCUT2D eigenvalue weighted by atomic mass is 16.5. The fourth-order valence-electron chi connectivity index (χ4n) is 3.50. The van der Waals surface area contributed by atoms with Gasteiger partial charge >= 0.3 is 0 Å². The zero-order valence-corrected chi connectivity index (χ0v) is 19.6. The Morgan fingerprint density at radius 1 is 0.690 bits per heavy atom. The highest BCUT2D eigenvalue weighted by molar-refractivity contribution is 4.99. The molecule has 0 aromatic heterocycles. The van der Waals surface area contributed by atoms with E-state index in [1.165, 1.54) is 70.4 Å². The van der Waals surface area contributed by atoms with Crippen molar-refractivity contribution < 1.29 is 14.2 Å². The Balaban J connectivity index is 1.76. The van der Waals surface area contributed by atoms with Crippen molar-refractivity contribution in [2.24, 2.45) is 0 Å². The van der Waals surface area contributed by atoms with Crippen LogP contribution in [-0.2, 0) is 14.2 Å². The SMILES string of the molecule is C/C=C(\C)CN1CCN(CCCCCCOCCOCCOCCCCC)CC1. The van der Waals surface area contributed by atoms with Gasteiger partial charge in [0, 0.05) is 45.9 Å². The predicted molar refractivity (Wildman–Crippen MR) is 123 cm³/mol. The quantitative estimate of drug-likeness (QED) is 0.232. The van der Waals surface area contributed by atoms with Gasteiger partial charge in [-0.3, -0.25) is 4.90 Å². The summed E-state index contributed by atoms with van der Waals surface area (Å²) in [6.07, 6.45) is 10.9. The lowest BCUT2D eigenvalue weighted by Crippen LogP contribution is -2.46. The van der Waals surface area contributed by atoms with Crippen LogP contribution in [0.3, 0.4) is 0 Å². The van der Waals surface area contributed by atoms with Crippen LogP contribution < -0.4 is 0 Å². The van der Waals surface area contributed by atoms with Gasteiger partial charge in [-0.2, -0.15) is 0 Å². The van der Waals surface area contributed by atoms with Crippen molar-refractivity contribution in [1.29, 1.82) is 0 Å². The molecule has 0 amide bonds. The fraction of sp³-hybridized carbons (Fsp3) is 0.917. The lowest BCUT2D eigenvalue weighted by atomic mass is 10.2. The molecular weight excluding hydrogens is 364 g/mol. The van der Waals surface area contributed by atoms with Crippen molar-refractivity contribution in [1.82, 2.24) is 9.80 Å². The fourth-order valence-corrected chi connectivity index (χ4v) is 3.50. The molecule has 1 saturated heterocycles. The molecule has 0 unspecified atom stereocenters. The number of rotatable bonds is 19. The van der Waals surface area contributed by atoms with E-state index in [1.807, 2.05) is 0 Å². The van der Waals surface area contributed by atoms with Gasteiger partial charge < -0.3 is 19.1 Å².